The van der Waals surface area contributed by atoms with Gasteiger partial charge in [0.05, 0.1) is 1.43 Å². The van der Waals surface area contributed by atoms with Gasteiger partial charge in [0.1, 0.15) is 0 Å². The Bertz CT molecular complexity index is 61.3. The second-order valence-electron chi connectivity index (χ2n) is 2.36. The Morgan fingerprint density at radius 3 is 1.56 bits per heavy atom. The van der Waals surface area contributed by atoms with Crippen LogP contribution < -0.4 is 0 Å². The van der Waals surface area contributed by atoms with E-state index in [-0.39, 0.29) is 0 Å². The van der Waals surface area contributed by atoms with E-state index in [1.807, 2.05) is 0 Å². The monoisotopic (exact) mass is 352 g/mol. The van der Waals surface area contributed by atoms with Gasteiger partial charge in [-0.25, -0.2) is 0 Å². The Kier molecular flexibility index (Phi) is 5.99. The molecule has 0 atom stereocenters. The maximum Gasteiger partial charge on any atom is 0.0734 e. The zero-order chi connectivity index (χ0) is 7.33. The molecule has 0 aromatic rings. The normalized spacial score (nSPS) is 12.0. The molecule has 2 heteroatoms. The van der Waals surface area contributed by atoms with Crippen LogP contribution in [-0.2, 0) is 0 Å². The van der Waals surface area contributed by atoms with Crippen LogP contribution in [-0.4, -0.2) is 1.43 Å². The largest absolute Gasteiger partial charge is 0.0734 e. The van der Waals surface area contributed by atoms with Crippen LogP contribution in [0.3, 0.4) is 0 Å². The van der Waals surface area contributed by atoms with Crippen LogP contribution in [0.15, 0.2) is 0 Å². The maximum atomic E-state index is 2.56. The maximum absolute atomic E-state index is 2.56. The van der Waals surface area contributed by atoms with Crippen molar-refractivity contribution in [2.24, 2.45) is 0 Å². The third kappa shape index (κ3) is 5.88. The first-order valence-corrected chi connectivity index (χ1v) is 5.66. The average molecular weight is 352 g/mol. The Labute approximate surface area is 85.5 Å². The van der Waals surface area contributed by atoms with Crippen molar-refractivity contribution >= 4 is 45.2 Å². The topological polar surface area (TPSA) is 0 Å². The minimum atomic E-state index is 0.541. The van der Waals surface area contributed by atoms with E-state index in [1.54, 1.807) is 0 Å². The van der Waals surface area contributed by atoms with Gasteiger partial charge in [-0.05, 0) is 12.8 Å². The quantitative estimate of drug-likeness (QED) is 0.527. The second-order valence-corrected chi connectivity index (χ2v) is 8.55. The molecule has 0 N–H and O–H groups in total. The van der Waals surface area contributed by atoms with Gasteiger partial charge in [0.15, 0.2) is 0 Å². The van der Waals surface area contributed by atoms with E-state index in [2.05, 4.69) is 59.0 Å². The highest BCUT2D eigenvalue weighted by Gasteiger charge is 2.18. The van der Waals surface area contributed by atoms with Crippen molar-refractivity contribution < 1.29 is 0 Å². The highest BCUT2D eigenvalue weighted by atomic mass is 127. The Balaban J connectivity index is 3.43. The summed E-state index contributed by atoms with van der Waals surface area (Å²) in [5.74, 6) is 0. The van der Waals surface area contributed by atoms with Gasteiger partial charge in [0.25, 0.3) is 0 Å². The second kappa shape index (κ2) is 5.16. The lowest BCUT2D eigenvalue weighted by Crippen LogP contribution is -2.08. The minimum absolute atomic E-state index is 0.541. The zero-order valence-corrected chi connectivity index (χ0v) is 10.4. The van der Waals surface area contributed by atoms with Crippen molar-refractivity contribution in [2.75, 3.05) is 0 Å². The van der Waals surface area contributed by atoms with Crippen molar-refractivity contribution in [1.29, 1.82) is 0 Å². The average Bonchev–Trinajstić information content (AvgIpc) is 1.64. The van der Waals surface area contributed by atoms with E-state index in [0.717, 1.165) is 0 Å². The van der Waals surface area contributed by atoms with Crippen LogP contribution in [0.1, 0.15) is 39.5 Å². The standard InChI is InChI=1S/C7H14I2/c1-3-5-7(8,9)6-4-2/h3-6H2,1-2H3. The van der Waals surface area contributed by atoms with Gasteiger partial charge in [-0.15, -0.1) is 0 Å². The van der Waals surface area contributed by atoms with Gasteiger partial charge in [0, 0.05) is 0 Å². The molecule has 0 nitrogen and oxygen atoms in total. The summed E-state index contributed by atoms with van der Waals surface area (Å²) in [6, 6.07) is 0. The molecule has 0 aromatic carbocycles. The van der Waals surface area contributed by atoms with Crippen molar-refractivity contribution in [1.82, 2.24) is 0 Å². The molecule has 9 heavy (non-hydrogen) atoms. The lowest BCUT2D eigenvalue weighted by molar-refractivity contribution is 0.675. The Morgan fingerprint density at radius 1 is 1.00 bits per heavy atom. The summed E-state index contributed by atoms with van der Waals surface area (Å²) < 4.78 is 0.541. The number of halogens is 2. The summed E-state index contributed by atoms with van der Waals surface area (Å²) >= 11 is 5.12. The van der Waals surface area contributed by atoms with Crippen LogP contribution in [0, 0.1) is 0 Å². The molecular weight excluding hydrogens is 338 g/mol. The molecule has 0 aliphatic carbocycles. The molecular formula is C7H14I2. The molecule has 0 saturated carbocycles. The van der Waals surface area contributed by atoms with Crippen LogP contribution >= 0.6 is 45.2 Å². The predicted molar refractivity (Wildman–Crippen MR) is 60.6 cm³/mol. The molecule has 0 bridgehead atoms. The van der Waals surface area contributed by atoms with Crippen LogP contribution in [0.2, 0.25) is 0 Å². The molecule has 0 saturated heterocycles. The smallest absolute Gasteiger partial charge is 0.0672 e. The number of hydrogen-bond donors (Lipinski definition) is 0. The highest BCUT2D eigenvalue weighted by molar-refractivity contribution is 14.2. The van der Waals surface area contributed by atoms with E-state index in [0.29, 0.717) is 1.43 Å². The molecule has 0 heterocycles. The number of alkyl halides is 2. The van der Waals surface area contributed by atoms with E-state index >= 15 is 0 Å². The summed E-state index contributed by atoms with van der Waals surface area (Å²) in [7, 11) is 0. The first-order chi connectivity index (χ1) is 4.12. The molecule has 56 valence electrons. The van der Waals surface area contributed by atoms with Crippen LogP contribution in [0.5, 0.6) is 0 Å². The van der Waals surface area contributed by atoms with Gasteiger partial charge in [-0.2, -0.15) is 0 Å². The van der Waals surface area contributed by atoms with E-state index in [4.69, 9.17) is 0 Å². The van der Waals surface area contributed by atoms with Crippen molar-refractivity contribution in [3.63, 3.8) is 0 Å². The van der Waals surface area contributed by atoms with Gasteiger partial charge in [-0.1, -0.05) is 71.9 Å². The number of hydrogen-bond acceptors (Lipinski definition) is 0. The third-order valence-corrected chi connectivity index (χ3v) is 3.39. The third-order valence-electron chi connectivity index (χ3n) is 1.23. The fourth-order valence-electron chi connectivity index (χ4n) is 0.857. The van der Waals surface area contributed by atoms with Crippen molar-refractivity contribution in [3.8, 4) is 0 Å². The Morgan fingerprint density at radius 2 is 1.33 bits per heavy atom. The van der Waals surface area contributed by atoms with Gasteiger partial charge >= 0.3 is 0 Å². The predicted octanol–water partition coefficient (Wildman–Crippen LogP) is 4.15. The van der Waals surface area contributed by atoms with Crippen molar-refractivity contribution in [2.45, 2.75) is 41.0 Å². The fraction of sp³-hybridized carbons (Fsp3) is 1.00. The molecule has 0 aliphatic rings. The molecule has 0 aromatic heterocycles. The molecule has 0 unspecified atom stereocenters. The van der Waals surface area contributed by atoms with Gasteiger partial charge < -0.3 is 0 Å². The first-order valence-electron chi connectivity index (χ1n) is 3.50. The summed E-state index contributed by atoms with van der Waals surface area (Å²) in [6.07, 6.45) is 5.32. The molecule has 0 amide bonds. The molecule has 0 spiro atoms. The summed E-state index contributed by atoms with van der Waals surface area (Å²) in [5.41, 5.74) is 0. The van der Waals surface area contributed by atoms with Gasteiger partial charge in [0.2, 0.25) is 0 Å². The SMILES string of the molecule is CCCC(I)(I)CCC. The summed E-state index contributed by atoms with van der Waals surface area (Å²) in [5, 5.41) is 0. The molecule has 0 fully saturated rings. The summed E-state index contributed by atoms with van der Waals surface area (Å²) in [6.45, 7) is 4.50. The summed E-state index contributed by atoms with van der Waals surface area (Å²) in [4.78, 5) is 0. The fourth-order valence-corrected chi connectivity index (χ4v) is 3.01. The lowest BCUT2D eigenvalue weighted by Gasteiger charge is -2.17. The molecule has 0 rings (SSSR count). The minimum Gasteiger partial charge on any atom is -0.0672 e. The van der Waals surface area contributed by atoms with Crippen LogP contribution in [0.4, 0.5) is 0 Å². The zero-order valence-electron chi connectivity index (χ0n) is 6.08. The van der Waals surface area contributed by atoms with Crippen molar-refractivity contribution in [3.05, 3.63) is 0 Å². The number of rotatable bonds is 4. The first kappa shape index (κ1) is 10.5. The molecule has 0 radical (unpaired) electrons. The van der Waals surface area contributed by atoms with Crippen LogP contribution in [0.25, 0.3) is 0 Å². The Hall–Kier alpha value is 1.46. The lowest BCUT2D eigenvalue weighted by atomic mass is 10.2. The van der Waals surface area contributed by atoms with E-state index in [9.17, 15) is 0 Å². The van der Waals surface area contributed by atoms with Gasteiger partial charge in [-0.3, -0.25) is 0 Å². The van der Waals surface area contributed by atoms with E-state index in [1.165, 1.54) is 25.7 Å². The van der Waals surface area contributed by atoms with E-state index < -0.39 is 0 Å². The highest BCUT2D eigenvalue weighted by Crippen LogP contribution is 2.37. The molecule has 0 aliphatic heterocycles.